The predicted octanol–water partition coefficient (Wildman–Crippen LogP) is 1.43. The number of carbonyl (C=O) groups excluding carboxylic acids is 1. The van der Waals surface area contributed by atoms with Crippen LogP contribution >= 0.6 is 11.8 Å². The van der Waals surface area contributed by atoms with Gasteiger partial charge in [-0.3, -0.25) is 9.69 Å². The molecule has 0 fully saturated rings. The molecule has 1 aromatic rings. The molecule has 1 atom stereocenters. The first kappa shape index (κ1) is 16.0. The number of aryl methyl sites for hydroxylation is 1. The highest BCUT2D eigenvalue weighted by molar-refractivity contribution is 7.99. The molecule has 0 saturated heterocycles. The maximum absolute atomic E-state index is 11.5. The summed E-state index contributed by atoms with van der Waals surface area (Å²) in [5.41, 5.74) is 8.84. The van der Waals surface area contributed by atoms with E-state index >= 15 is 0 Å². The second kappa shape index (κ2) is 7.53. The fraction of sp³-hybridized carbons (Fsp3) is 0.500. The number of carbonyl (C=O) groups is 1. The third-order valence-corrected chi connectivity index (χ3v) is 4.52. The Hall–Kier alpha value is -1.04. The van der Waals surface area contributed by atoms with Gasteiger partial charge in [-0.1, -0.05) is 6.07 Å². The number of hydrogen-bond acceptors (Lipinski definition) is 4. The summed E-state index contributed by atoms with van der Waals surface area (Å²) in [4.78, 5) is 13.7. The molecule has 0 aliphatic carbocycles. The SMILES string of the molecule is CNC(=O)c1ccc(CS[C@@H](CN)N(C)C)c(C)c1. The highest BCUT2D eigenvalue weighted by atomic mass is 32.2. The van der Waals surface area contributed by atoms with E-state index < -0.39 is 0 Å². The van der Waals surface area contributed by atoms with Crippen LogP contribution in [0.3, 0.4) is 0 Å². The van der Waals surface area contributed by atoms with E-state index in [9.17, 15) is 4.79 Å². The molecule has 0 radical (unpaired) electrons. The number of likely N-dealkylation sites (N-methyl/N-ethyl adjacent to an activating group) is 1. The predicted molar refractivity (Wildman–Crippen MR) is 82.4 cm³/mol. The van der Waals surface area contributed by atoms with Crippen molar-refractivity contribution >= 4 is 17.7 Å². The van der Waals surface area contributed by atoms with Gasteiger partial charge < -0.3 is 11.1 Å². The van der Waals surface area contributed by atoms with Gasteiger partial charge >= 0.3 is 0 Å². The zero-order chi connectivity index (χ0) is 14.4. The number of amides is 1. The Kier molecular flexibility index (Phi) is 6.34. The number of thioether (sulfide) groups is 1. The average molecular weight is 281 g/mol. The molecule has 19 heavy (non-hydrogen) atoms. The van der Waals surface area contributed by atoms with E-state index in [1.807, 2.05) is 51.0 Å². The summed E-state index contributed by atoms with van der Waals surface area (Å²) in [6.45, 7) is 2.67. The van der Waals surface area contributed by atoms with Gasteiger partial charge in [0.05, 0.1) is 5.37 Å². The summed E-state index contributed by atoms with van der Waals surface area (Å²) in [6, 6.07) is 5.83. The molecule has 5 heteroatoms. The maximum atomic E-state index is 11.5. The van der Waals surface area contributed by atoms with E-state index in [0.29, 0.717) is 17.5 Å². The van der Waals surface area contributed by atoms with Crippen LogP contribution in [-0.4, -0.2) is 43.9 Å². The second-order valence-corrected chi connectivity index (χ2v) is 5.85. The molecule has 0 aliphatic heterocycles. The Balaban J connectivity index is 2.72. The average Bonchev–Trinajstić information content (AvgIpc) is 2.39. The van der Waals surface area contributed by atoms with Crippen LogP contribution in [0.2, 0.25) is 0 Å². The van der Waals surface area contributed by atoms with Gasteiger partial charge in [0.1, 0.15) is 0 Å². The number of nitrogens with one attached hydrogen (secondary N) is 1. The molecule has 0 saturated carbocycles. The van der Waals surface area contributed by atoms with Gasteiger partial charge in [-0.15, -0.1) is 11.8 Å². The fourth-order valence-corrected chi connectivity index (χ4v) is 2.89. The Morgan fingerprint density at radius 2 is 2.16 bits per heavy atom. The maximum Gasteiger partial charge on any atom is 0.251 e. The van der Waals surface area contributed by atoms with Crippen molar-refractivity contribution in [3.8, 4) is 0 Å². The van der Waals surface area contributed by atoms with Crippen LogP contribution in [0, 0.1) is 6.92 Å². The van der Waals surface area contributed by atoms with E-state index in [1.165, 1.54) is 5.56 Å². The van der Waals surface area contributed by atoms with Crippen molar-refractivity contribution in [2.75, 3.05) is 27.7 Å². The van der Waals surface area contributed by atoms with E-state index in [1.54, 1.807) is 7.05 Å². The fourth-order valence-electron chi connectivity index (χ4n) is 1.76. The molecule has 0 heterocycles. The lowest BCUT2D eigenvalue weighted by Crippen LogP contribution is -2.32. The Morgan fingerprint density at radius 1 is 1.47 bits per heavy atom. The first-order valence-electron chi connectivity index (χ1n) is 6.29. The number of rotatable bonds is 6. The van der Waals surface area contributed by atoms with Crippen molar-refractivity contribution in [3.63, 3.8) is 0 Å². The summed E-state index contributed by atoms with van der Waals surface area (Å²) >= 11 is 1.82. The van der Waals surface area contributed by atoms with E-state index in [0.717, 1.165) is 11.3 Å². The summed E-state index contributed by atoms with van der Waals surface area (Å²) in [5.74, 6) is 0.857. The minimum atomic E-state index is -0.0459. The van der Waals surface area contributed by atoms with E-state index in [4.69, 9.17) is 5.73 Å². The van der Waals surface area contributed by atoms with Crippen molar-refractivity contribution in [2.24, 2.45) is 5.73 Å². The molecule has 0 unspecified atom stereocenters. The number of benzene rings is 1. The van der Waals surface area contributed by atoms with Crippen LogP contribution < -0.4 is 11.1 Å². The lowest BCUT2D eigenvalue weighted by atomic mass is 10.1. The molecule has 0 bridgehead atoms. The largest absolute Gasteiger partial charge is 0.355 e. The topological polar surface area (TPSA) is 58.4 Å². The second-order valence-electron chi connectivity index (χ2n) is 4.69. The third kappa shape index (κ3) is 4.53. The minimum Gasteiger partial charge on any atom is -0.355 e. The van der Waals surface area contributed by atoms with Crippen LogP contribution in [0.15, 0.2) is 18.2 Å². The molecule has 3 N–H and O–H groups in total. The van der Waals surface area contributed by atoms with Crippen LogP contribution in [0.25, 0.3) is 0 Å². The smallest absolute Gasteiger partial charge is 0.251 e. The zero-order valence-electron chi connectivity index (χ0n) is 12.1. The molecule has 0 spiro atoms. The monoisotopic (exact) mass is 281 g/mol. The molecule has 0 aromatic heterocycles. The third-order valence-electron chi connectivity index (χ3n) is 3.04. The quantitative estimate of drug-likeness (QED) is 0.775. The van der Waals surface area contributed by atoms with E-state index in [-0.39, 0.29) is 5.91 Å². The number of hydrogen-bond donors (Lipinski definition) is 2. The number of nitrogens with two attached hydrogens (primary N) is 1. The zero-order valence-corrected chi connectivity index (χ0v) is 12.9. The van der Waals surface area contributed by atoms with Gasteiger partial charge in [0, 0.05) is 24.9 Å². The molecule has 106 valence electrons. The van der Waals surface area contributed by atoms with Crippen LogP contribution in [0.4, 0.5) is 0 Å². The standard InChI is InChI=1S/C14H23N3OS/c1-10-7-11(14(18)16-2)5-6-12(10)9-19-13(8-15)17(3)4/h5-7,13H,8-9,15H2,1-4H3,(H,16,18)/t13-/m0/s1. The summed E-state index contributed by atoms with van der Waals surface area (Å²) in [5, 5.41) is 2.95. The molecular formula is C14H23N3OS. The van der Waals surface area contributed by atoms with Crippen molar-refractivity contribution in [2.45, 2.75) is 18.1 Å². The van der Waals surface area contributed by atoms with Crippen LogP contribution in [0.5, 0.6) is 0 Å². The highest BCUT2D eigenvalue weighted by Crippen LogP contribution is 2.21. The molecular weight excluding hydrogens is 258 g/mol. The van der Waals surface area contributed by atoms with Gasteiger partial charge in [-0.25, -0.2) is 0 Å². The summed E-state index contributed by atoms with van der Waals surface area (Å²) < 4.78 is 0. The number of nitrogens with zero attached hydrogens (tertiary/aromatic N) is 1. The summed E-state index contributed by atoms with van der Waals surface area (Å²) in [7, 11) is 5.71. The molecule has 4 nitrogen and oxygen atoms in total. The Labute approximate surface area is 119 Å². The van der Waals surface area contributed by atoms with Crippen molar-refractivity contribution in [3.05, 3.63) is 34.9 Å². The van der Waals surface area contributed by atoms with Gasteiger partial charge in [0.25, 0.3) is 5.91 Å². The molecule has 1 rings (SSSR count). The first-order valence-corrected chi connectivity index (χ1v) is 7.34. The molecule has 1 amide bonds. The van der Waals surface area contributed by atoms with Gasteiger partial charge in [0.2, 0.25) is 0 Å². The normalized spacial score (nSPS) is 12.5. The lowest BCUT2D eigenvalue weighted by molar-refractivity contribution is 0.0963. The van der Waals surface area contributed by atoms with Gasteiger partial charge in [-0.05, 0) is 44.3 Å². The van der Waals surface area contributed by atoms with Crippen molar-refractivity contribution in [1.82, 2.24) is 10.2 Å². The van der Waals surface area contributed by atoms with Gasteiger partial charge in [0.15, 0.2) is 0 Å². The lowest BCUT2D eigenvalue weighted by Gasteiger charge is -2.22. The Bertz CT molecular complexity index is 435. The molecule has 1 aromatic carbocycles. The van der Waals surface area contributed by atoms with Crippen molar-refractivity contribution < 1.29 is 4.79 Å². The van der Waals surface area contributed by atoms with Crippen molar-refractivity contribution in [1.29, 1.82) is 0 Å². The van der Waals surface area contributed by atoms with Crippen LogP contribution in [0.1, 0.15) is 21.5 Å². The minimum absolute atomic E-state index is 0.0459. The van der Waals surface area contributed by atoms with Crippen LogP contribution in [-0.2, 0) is 5.75 Å². The Morgan fingerprint density at radius 3 is 2.63 bits per heavy atom. The first-order chi connectivity index (χ1) is 8.99. The van der Waals surface area contributed by atoms with E-state index in [2.05, 4.69) is 10.2 Å². The van der Waals surface area contributed by atoms with Gasteiger partial charge in [-0.2, -0.15) is 0 Å². The molecule has 0 aliphatic rings. The summed E-state index contributed by atoms with van der Waals surface area (Å²) in [6.07, 6.45) is 0. The highest BCUT2D eigenvalue weighted by Gasteiger charge is 2.11.